The topological polar surface area (TPSA) is 156 Å². The number of hydrogen-bond donors (Lipinski definition) is 2. The highest BCUT2D eigenvalue weighted by Gasteiger charge is 2.58. The molecule has 3 amide bonds. The number of esters is 1. The molecule has 1 saturated carbocycles. The van der Waals surface area contributed by atoms with Crippen molar-refractivity contribution in [2.75, 3.05) is 13.2 Å². The first-order chi connectivity index (χ1) is 28.3. The molecule has 4 aromatic rings. The number of aromatic nitrogens is 1. The first-order valence-corrected chi connectivity index (χ1v) is 23.4. The molecule has 5 heterocycles. The Balaban J connectivity index is 0.954. The summed E-state index contributed by atoms with van der Waals surface area (Å²) in [4.78, 5) is 71.9. The van der Waals surface area contributed by atoms with Gasteiger partial charge in [0.2, 0.25) is 11.8 Å². The van der Waals surface area contributed by atoms with Crippen LogP contribution in [-0.4, -0.2) is 80.9 Å². The SMILES string of the molecule is CCCOC(=O)[C@H](C)NP(=O)(Cc1ccc2sc(C(=O)NC3CCC[C@H]4CC[C@@H](C(=O)N5C[C@@H](c6ccn(C)c(=O)c6)CC56CC6)N4C3=O)cc2c1)Oc1ccccc1. The fraction of sp³-hybridized carbons (Fsp3) is 0.477. The maximum Gasteiger partial charge on any atom is 0.323 e. The Bertz CT molecular complexity index is 2360. The van der Waals surface area contributed by atoms with Crippen LogP contribution < -0.4 is 20.5 Å². The zero-order chi connectivity index (χ0) is 41.5. The van der Waals surface area contributed by atoms with Crippen molar-refractivity contribution in [1.29, 1.82) is 0 Å². The number of carbonyl (C=O) groups excluding carboxylic acids is 4. The molecule has 2 aromatic heterocycles. The smallest absolute Gasteiger partial charge is 0.323 e. The largest absolute Gasteiger partial charge is 0.465 e. The number of carbonyl (C=O) groups is 4. The van der Waals surface area contributed by atoms with E-state index in [2.05, 4.69) is 10.4 Å². The quantitative estimate of drug-likeness (QED) is 0.113. The molecule has 59 heavy (non-hydrogen) atoms. The van der Waals surface area contributed by atoms with E-state index in [1.54, 1.807) is 66.0 Å². The number of aryl methyl sites for hydroxylation is 1. The van der Waals surface area contributed by atoms with E-state index in [1.165, 1.54) is 11.3 Å². The minimum absolute atomic E-state index is 0.0169. The van der Waals surface area contributed by atoms with Crippen LogP contribution in [0.3, 0.4) is 0 Å². The molecule has 0 radical (unpaired) electrons. The number of thiophene rings is 1. The van der Waals surface area contributed by atoms with Gasteiger partial charge in [0.1, 0.15) is 23.9 Å². The van der Waals surface area contributed by atoms with Gasteiger partial charge in [0.15, 0.2) is 0 Å². The summed E-state index contributed by atoms with van der Waals surface area (Å²) in [5, 5.41) is 6.71. The summed E-state index contributed by atoms with van der Waals surface area (Å²) in [6.45, 7) is 4.28. The highest BCUT2D eigenvalue weighted by molar-refractivity contribution is 7.56. The number of benzene rings is 2. The molecule has 6 atom stereocenters. The summed E-state index contributed by atoms with van der Waals surface area (Å²) < 4.78 is 28.0. The molecule has 8 rings (SSSR count). The first kappa shape index (κ1) is 41.0. The van der Waals surface area contributed by atoms with Gasteiger partial charge in [-0.15, -0.1) is 11.3 Å². The monoisotopic (exact) mass is 841 g/mol. The third-order valence-electron chi connectivity index (χ3n) is 12.4. The minimum Gasteiger partial charge on any atom is -0.465 e. The average molecular weight is 842 g/mol. The van der Waals surface area contributed by atoms with Crippen molar-refractivity contribution in [3.63, 3.8) is 0 Å². The maximum absolute atomic E-state index is 14.4. The summed E-state index contributed by atoms with van der Waals surface area (Å²) >= 11 is 1.30. The Kier molecular flexibility index (Phi) is 11.6. The summed E-state index contributed by atoms with van der Waals surface area (Å²) in [6.07, 6.45) is 8.44. The fourth-order valence-electron chi connectivity index (χ4n) is 9.15. The average Bonchev–Trinajstić information content (AvgIpc) is 3.52. The number of nitrogens with zero attached hydrogens (tertiary/aromatic N) is 3. The lowest BCUT2D eigenvalue weighted by atomic mass is 9.96. The molecule has 3 saturated heterocycles. The molecule has 312 valence electrons. The van der Waals surface area contributed by atoms with Gasteiger partial charge in [0.05, 0.1) is 17.6 Å². The zero-order valence-electron chi connectivity index (χ0n) is 33.8. The highest BCUT2D eigenvalue weighted by Crippen LogP contribution is 2.54. The molecule has 2 N–H and O–H groups in total. The molecule has 1 aliphatic carbocycles. The lowest BCUT2D eigenvalue weighted by molar-refractivity contribution is -0.147. The molecule has 4 aliphatic rings. The van der Waals surface area contributed by atoms with Crippen LogP contribution in [0.4, 0.5) is 0 Å². The number of nitrogens with one attached hydrogen (secondary N) is 2. The van der Waals surface area contributed by atoms with Gasteiger partial charge in [0.25, 0.3) is 11.5 Å². The molecule has 13 nitrogen and oxygen atoms in total. The summed E-state index contributed by atoms with van der Waals surface area (Å²) in [5.74, 6) is -0.638. The number of rotatable bonds is 13. The van der Waals surface area contributed by atoms with Gasteiger partial charge >= 0.3 is 13.5 Å². The lowest BCUT2D eigenvalue weighted by Gasteiger charge is -2.34. The first-order valence-electron chi connectivity index (χ1n) is 20.8. The van der Waals surface area contributed by atoms with Crippen molar-refractivity contribution in [2.45, 2.75) is 113 Å². The number of likely N-dealkylation sites (tertiary alicyclic amines) is 1. The van der Waals surface area contributed by atoms with Gasteiger partial charge < -0.3 is 28.9 Å². The van der Waals surface area contributed by atoms with E-state index >= 15 is 0 Å². The van der Waals surface area contributed by atoms with Gasteiger partial charge in [-0.25, -0.2) is 5.09 Å². The van der Waals surface area contributed by atoms with Crippen LogP contribution in [0.15, 0.2) is 77.7 Å². The number of para-hydroxylation sites is 1. The van der Waals surface area contributed by atoms with Crippen LogP contribution in [0.2, 0.25) is 0 Å². The number of amides is 3. The van der Waals surface area contributed by atoms with E-state index in [1.807, 2.05) is 42.2 Å². The summed E-state index contributed by atoms with van der Waals surface area (Å²) in [6, 6.07) is 17.5. The minimum atomic E-state index is -3.69. The van der Waals surface area contributed by atoms with E-state index in [-0.39, 0.29) is 53.5 Å². The standard InChI is InChI=1S/C44H52N5O8PS/c1-4-21-56-43(54)28(2)46-58(55,57-34-10-6-5-7-11-34)27-29-13-16-37-31(22-29)23-38(59-37)40(51)45-35-12-8-9-33-14-15-36(49(33)41(35)52)42(53)48-26-32(25-44(48)18-19-44)30-17-20-47(3)39(50)24-30/h5-7,10-11,13,16-17,20,22-24,28,32-33,35-36H,4,8-9,12,14-15,18-19,21,25-27H2,1-3H3,(H,45,51)(H,46,55)/t28-,32-,33-,35?,36-,58?/m0/s1. The Morgan fingerprint density at radius 3 is 2.54 bits per heavy atom. The summed E-state index contributed by atoms with van der Waals surface area (Å²) in [7, 11) is -1.97. The van der Waals surface area contributed by atoms with E-state index in [0.29, 0.717) is 42.0 Å². The number of hydrogen-bond acceptors (Lipinski definition) is 9. The van der Waals surface area contributed by atoms with Crippen LogP contribution in [0.25, 0.3) is 10.1 Å². The molecular weight excluding hydrogens is 790 g/mol. The van der Waals surface area contributed by atoms with Crippen LogP contribution in [-0.2, 0) is 36.9 Å². The Morgan fingerprint density at radius 1 is 1.00 bits per heavy atom. The van der Waals surface area contributed by atoms with Crippen molar-refractivity contribution < 1.29 is 33.0 Å². The predicted octanol–water partition coefficient (Wildman–Crippen LogP) is 6.49. The van der Waals surface area contributed by atoms with Crippen molar-refractivity contribution in [1.82, 2.24) is 24.8 Å². The number of fused-ring (bicyclic) bond motifs is 2. The highest BCUT2D eigenvalue weighted by atomic mass is 32.1. The number of ether oxygens (including phenoxy) is 1. The second-order valence-electron chi connectivity index (χ2n) is 16.7. The molecule has 2 aromatic carbocycles. The predicted molar refractivity (Wildman–Crippen MR) is 226 cm³/mol. The van der Waals surface area contributed by atoms with Gasteiger partial charge in [0, 0.05) is 48.1 Å². The molecule has 2 unspecified atom stereocenters. The van der Waals surface area contributed by atoms with Crippen molar-refractivity contribution in [2.24, 2.45) is 7.05 Å². The van der Waals surface area contributed by atoms with Crippen LogP contribution in [0, 0.1) is 0 Å². The third kappa shape index (κ3) is 8.63. The van der Waals surface area contributed by atoms with Crippen molar-refractivity contribution in [3.8, 4) is 5.75 Å². The Morgan fingerprint density at radius 2 is 1.80 bits per heavy atom. The second kappa shape index (κ2) is 16.7. The fourth-order valence-corrected chi connectivity index (χ4v) is 12.1. The van der Waals surface area contributed by atoms with Gasteiger partial charge in [-0.1, -0.05) is 31.2 Å². The van der Waals surface area contributed by atoms with Crippen LogP contribution in [0.1, 0.15) is 98.4 Å². The van der Waals surface area contributed by atoms with Crippen LogP contribution >= 0.6 is 18.9 Å². The van der Waals surface area contributed by atoms with E-state index in [4.69, 9.17) is 9.26 Å². The number of pyridine rings is 1. The molecule has 1 spiro atoms. The molecule has 4 fully saturated rings. The van der Waals surface area contributed by atoms with Crippen molar-refractivity contribution >= 4 is 52.6 Å². The van der Waals surface area contributed by atoms with Crippen LogP contribution in [0.5, 0.6) is 5.75 Å². The van der Waals surface area contributed by atoms with Gasteiger partial charge in [-0.2, -0.15) is 0 Å². The van der Waals surface area contributed by atoms with Gasteiger partial charge in [-0.3, -0.25) is 28.5 Å². The Labute approximate surface area is 347 Å². The van der Waals surface area contributed by atoms with Gasteiger partial charge in [-0.05, 0) is 118 Å². The van der Waals surface area contributed by atoms with E-state index < -0.39 is 31.6 Å². The second-order valence-corrected chi connectivity index (χ2v) is 19.9. The molecule has 0 bridgehead atoms. The van der Waals surface area contributed by atoms with E-state index in [9.17, 15) is 28.5 Å². The maximum atomic E-state index is 14.4. The normalized spacial score (nSPS) is 23.7. The van der Waals surface area contributed by atoms with E-state index in [0.717, 1.165) is 54.2 Å². The summed E-state index contributed by atoms with van der Waals surface area (Å²) in [5.41, 5.74) is 1.36. The lowest BCUT2D eigenvalue weighted by Crippen LogP contribution is -2.56. The Hall–Kier alpha value is -4.78. The third-order valence-corrected chi connectivity index (χ3v) is 15.5. The zero-order valence-corrected chi connectivity index (χ0v) is 35.5. The molecule has 3 aliphatic heterocycles. The molecule has 15 heteroatoms. The molecular formula is C44H52N5O8PS. The van der Waals surface area contributed by atoms with Crippen molar-refractivity contribution in [3.05, 3.63) is 99.3 Å².